The number of thiocarbonyl (C=S) groups is 1. The van der Waals surface area contributed by atoms with Gasteiger partial charge in [0.2, 0.25) is 0 Å². The third-order valence-corrected chi connectivity index (χ3v) is 25.1. The number of aryl methyl sites for hydroxylation is 6. The van der Waals surface area contributed by atoms with Crippen LogP contribution in [0.15, 0.2) is 268 Å². The van der Waals surface area contributed by atoms with Gasteiger partial charge in [0.15, 0.2) is 10.9 Å². The molecule has 0 spiro atoms. The summed E-state index contributed by atoms with van der Waals surface area (Å²) < 4.78 is 15.4. The number of halogens is 1. The van der Waals surface area contributed by atoms with E-state index in [9.17, 15) is 14.4 Å². The van der Waals surface area contributed by atoms with Gasteiger partial charge in [-0.1, -0.05) is 161 Å². The summed E-state index contributed by atoms with van der Waals surface area (Å²) in [6, 6.07) is 73.8. The van der Waals surface area contributed by atoms with Crippen molar-refractivity contribution >= 4 is 144 Å². The van der Waals surface area contributed by atoms with E-state index in [0.717, 1.165) is 149 Å². The maximum atomic E-state index is 15.4. The number of nitrogens with two attached hydrogens (primary N) is 2. The Morgan fingerprint density at radius 2 is 0.725 bits per heavy atom. The number of anilines is 11. The van der Waals surface area contributed by atoms with Crippen LogP contribution in [0.3, 0.4) is 0 Å². The van der Waals surface area contributed by atoms with Crippen molar-refractivity contribution < 1.29 is 18.8 Å². The van der Waals surface area contributed by atoms with E-state index in [1.807, 2.05) is 211 Å². The van der Waals surface area contributed by atoms with Crippen LogP contribution >= 0.6 is 57.6 Å². The molecule has 0 aliphatic carbocycles. The van der Waals surface area contributed by atoms with Crippen LogP contribution in [0.4, 0.5) is 81.7 Å². The monoisotopic (exact) mass is 1830 g/mol. The first-order valence-electron chi connectivity index (χ1n) is 42.1. The number of pyridine rings is 4. The molecule has 23 nitrogen and oxygen atoms in total. The lowest BCUT2D eigenvalue weighted by molar-refractivity contribution is 0.261. The summed E-state index contributed by atoms with van der Waals surface area (Å²) in [5, 5.41) is 31.3. The van der Waals surface area contributed by atoms with Crippen molar-refractivity contribution in [1.82, 2.24) is 44.8 Å². The van der Waals surface area contributed by atoms with Crippen LogP contribution in [0.25, 0.3) is 86.8 Å². The average Bonchev–Trinajstić information content (AvgIpc) is 1.64. The highest BCUT2D eigenvalue weighted by Crippen LogP contribution is 2.46. The van der Waals surface area contributed by atoms with Crippen molar-refractivity contribution in [3.05, 3.63) is 316 Å². The fourth-order valence-corrected chi connectivity index (χ4v) is 17.6. The number of hydrogen-bond acceptors (Lipinski definition) is 20. The fourth-order valence-electron chi connectivity index (χ4n) is 13.2. The first-order chi connectivity index (χ1) is 62.7. The molecule has 8 aromatic heterocycles. The minimum atomic E-state index is -0.534. The number of amides is 6. The Labute approximate surface area is 784 Å². The van der Waals surface area contributed by atoms with Gasteiger partial charge in [0.1, 0.15) is 17.5 Å². The third kappa shape index (κ3) is 26.5. The molecule has 0 saturated carbocycles. The molecule has 13 N–H and O–H groups in total. The van der Waals surface area contributed by atoms with Crippen molar-refractivity contribution in [2.45, 2.75) is 93.9 Å². The number of nitrogens with one attached hydrogen (secondary N) is 9. The highest BCUT2D eigenvalue weighted by atomic mass is 32.1. The predicted molar refractivity (Wildman–Crippen MR) is 548 cm³/mol. The first-order valence-corrected chi connectivity index (χ1v) is 45.8. The van der Waals surface area contributed by atoms with Crippen molar-refractivity contribution in [2.24, 2.45) is 0 Å². The number of hydrogen-bond donors (Lipinski definition) is 11. The number of carbonyl (C=O) groups excluding carboxylic acids is 3. The molecular weight excluding hydrogens is 1730 g/mol. The predicted octanol–water partition coefficient (Wildman–Crippen LogP) is 26.0. The Kier molecular flexibility index (Phi) is 31.1. The van der Waals surface area contributed by atoms with Gasteiger partial charge in [-0.25, -0.2) is 53.7 Å². The smallest absolute Gasteiger partial charge is 0.323 e. The van der Waals surface area contributed by atoms with Crippen LogP contribution in [0.5, 0.6) is 0 Å². The highest BCUT2D eigenvalue weighted by molar-refractivity contribution is 7.80. The van der Waals surface area contributed by atoms with E-state index in [-0.39, 0.29) is 28.6 Å². The zero-order chi connectivity index (χ0) is 93.0. The van der Waals surface area contributed by atoms with Crippen LogP contribution in [0, 0.1) is 47.4 Å². The standard InChI is InChI=1S/C30H36N6OS.C26H26N4S2.C23H20FN5OS.C23H21N5OS/c1-20-10-12-23(13-11-20)33-29(37)34-24-9-7-8-22(18-24)27-26(35-28(38-27)30(2,3)4)21-14-15-31-25(19-21)32-16-17-36(5)6;1-17-8-10-20(11-9-17)28-25(31)29-21-7-5-6-19(16-21)23-22(18-12-14-27-15-13-18)30-24(32-23)26(2,3)4;1-13-6-8-16(9-7-13)28-23(30)29-18-5-3-4-17(20(18)24)22-21(27-14(2)31-22)15-10-11-26-19(25)12-15;1-14-6-8-18(9-7-14)27-23(29)28-19-5-3-4-17(12-19)22-21(26-15(2)30-22)16-10-11-25-20(24)13-16/h7-15,18-19H,16-17H2,1-6H3,(H,31,32)(H2,33,34,37);5-16H,1-4H3,(H2,28,29,31);3-12H,1-2H3,(H2,25,26)(H2,28,29,30);3-13H,1-2H3,(H2,24,25)(H2,27,28,29). The van der Waals surface area contributed by atoms with Gasteiger partial charge in [-0.05, 0) is 224 Å². The summed E-state index contributed by atoms with van der Waals surface area (Å²) in [7, 11) is 4.10. The van der Waals surface area contributed by atoms with E-state index in [2.05, 4.69) is 182 Å². The second kappa shape index (κ2) is 43.2. The Bertz CT molecular complexity index is 6670. The van der Waals surface area contributed by atoms with E-state index in [0.29, 0.717) is 49.9 Å². The Balaban J connectivity index is 0.000000149. The molecule has 0 radical (unpaired) electrons. The zero-order valence-electron chi connectivity index (χ0n) is 75.1. The minimum Gasteiger partial charge on any atom is -0.384 e. The molecule has 0 unspecified atom stereocenters. The third-order valence-electron chi connectivity index (χ3n) is 19.8. The molecule has 0 atom stereocenters. The summed E-state index contributed by atoms with van der Waals surface area (Å²) >= 11 is 11.9. The number of aromatic nitrogens is 8. The summed E-state index contributed by atoms with van der Waals surface area (Å²) in [6.07, 6.45) is 8.70. The Morgan fingerprint density at radius 3 is 1.16 bits per heavy atom. The van der Waals surface area contributed by atoms with Gasteiger partial charge in [0.25, 0.3) is 0 Å². The number of benzene rings is 8. The number of thiazole rings is 4. The second-order valence-electron chi connectivity index (χ2n) is 33.2. The molecule has 8 heterocycles. The summed E-state index contributed by atoms with van der Waals surface area (Å²) in [5.41, 5.74) is 32.1. The van der Waals surface area contributed by atoms with Gasteiger partial charge >= 0.3 is 18.1 Å². The van der Waals surface area contributed by atoms with Crippen LogP contribution in [0.2, 0.25) is 0 Å². The van der Waals surface area contributed by atoms with Gasteiger partial charge in [-0.15, -0.1) is 45.3 Å². The summed E-state index contributed by atoms with van der Waals surface area (Å²) in [5.74, 6) is 1.10. The second-order valence-corrected chi connectivity index (χ2v) is 38.1. The fraction of sp³-hybridized carbons (Fsp3) is 0.176. The van der Waals surface area contributed by atoms with Crippen LogP contribution in [-0.2, 0) is 10.8 Å². The lowest BCUT2D eigenvalue weighted by Gasteiger charge is -2.13. The number of urea groups is 3. The average molecular weight is 1840 g/mol. The van der Waals surface area contributed by atoms with E-state index in [4.69, 9.17) is 33.7 Å². The quantitative estimate of drug-likeness (QED) is 0.0316. The maximum absolute atomic E-state index is 15.4. The molecule has 16 rings (SSSR count). The Hall–Kier alpha value is -14.3. The molecule has 6 amide bonds. The zero-order valence-corrected chi connectivity index (χ0v) is 79.2. The summed E-state index contributed by atoms with van der Waals surface area (Å²) in [4.78, 5) is 79.5. The lowest BCUT2D eigenvalue weighted by atomic mass is 9.98. The van der Waals surface area contributed by atoms with E-state index in [1.54, 1.807) is 82.8 Å². The van der Waals surface area contributed by atoms with E-state index >= 15 is 4.39 Å². The number of nitrogens with zero attached hydrogens (tertiary/aromatic N) is 9. The SMILES string of the molecule is Cc1ccc(NC(=O)Nc2cccc(-c3sc(C(C)(C)C)nc3-c3ccnc(NCCN(C)C)c3)c2)cc1.Cc1ccc(NC(=O)Nc2cccc(-c3sc(C)nc3-c3ccnc(N)c3)c2)cc1.Cc1ccc(NC(=O)Nc2cccc(-c3sc(C)nc3-c3ccnc(N)c3)c2F)cc1.Cc1ccc(NC(=S)Nc2cccc(-c3sc(C(C)(C)C)nc3-c3ccncc3)c2)cc1. The lowest BCUT2D eigenvalue weighted by Crippen LogP contribution is -2.21. The summed E-state index contributed by atoms with van der Waals surface area (Å²) in [6.45, 7) is 26.7. The molecule has 0 aliphatic rings. The Morgan fingerprint density at radius 1 is 0.374 bits per heavy atom. The van der Waals surface area contributed by atoms with E-state index < -0.39 is 11.8 Å². The van der Waals surface area contributed by atoms with Gasteiger partial charge < -0.3 is 64.2 Å². The molecule has 0 bridgehead atoms. The van der Waals surface area contributed by atoms with Crippen LogP contribution in [-0.4, -0.2) is 95.2 Å². The maximum Gasteiger partial charge on any atom is 0.323 e. The van der Waals surface area contributed by atoms with Gasteiger partial charge in [-0.2, -0.15) is 0 Å². The van der Waals surface area contributed by atoms with Gasteiger partial charge in [0.05, 0.1) is 68.0 Å². The highest BCUT2D eigenvalue weighted by Gasteiger charge is 2.27. The first kappa shape index (κ1) is 94.3. The van der Waals surface area contributed by atoms with Crippen molar-refractivity contribution in [3.8, 4) is 86.8 Å². The minimum absolute atomic E-state index is 0.0277. The van der Waals surface area contributed by atoms with Crippen LogP contribution in [0.1, 0.15) is 83.8 Å². The van der Waals surface area contributed by atoms with Crippen molar-refractivity contribution in [1.29, 1.82) is 0 Å². The number of likely N-dealkylation sites (N-methyl/N-ethyl adjacent to an activating group) is 1. The molecule has 8 aromatic carbocycles. The van der Waals surface area contributed by atoms with Crippen molar-refractivity contribution in [2.75, 3.05) is 86.5 Å². The number of carbonyl (C=O) groups is 3. The van der Waals surface area contributed by atoms with E-state index in [1.165, 1.54) is 23.0 Å². The van der Waals surface area contributed by atoms with Crippen LogP contribution < -0.4 is 59.3 Å². The molecule has 0 aliphatic heterocycles. The molecular formula is C102H103FN20O3S5. The number of rotatable bonds is 20. The topological polar surface area (TPSA) is 318 Å². The molecule has 16 aromatic rings. The number of nitrogen functional groups attached to an aromatic ring is 2. The molecule has 666 valence electrons. The largest absolute Gasteiger partial charge is 0.384 e. The molecule has 29 heteroatoms. The van der Waals surface area contributed by atoms with Gasteiger partial charge in [0, 0.05) is 123 Å². The van der Waals surface area contributed by atoms with Gasteiger partial charge in [-0.3, -0.25) is 4.98 Å². The molecule has 131 heavy (non-hydrogen) atoms. The van der Waals surface area contributed by atoms with Crippen molar-refractivity contribution in [3.63, 3.8) is 0 Å². The normalized spacial score (nSPS) is 11.0. The molecule has 0 saturated heterocycles. The molecule has 0 fully saturated rings.